The SMILES string of the molecule is CCCCCCCCc1ccsc1-c1sc(CCCc2cc(CCCCCCCC)c(-c3sccc3CCCCCCCC)s2)cc1CCCCCCCC. The average molecular weight is 821 g/mol. The van der Waals surface area contributed by atoms with Crippen LogP contribution in [-0.2, 0) is 38.5 Å². The lowest BCUT2D eigenvalue weighted by Gasteiger charge is -2.07. The summed E-state index contributed by atoms with van der Waals surface area (Å²) in [5.41, 5.74) is 6.53. The van der Waals surface area contributed by atoms with Crippen LogP contribution in [-0.4, -0.2) is 0 Å². The molecule has 0 spiro atoms. The van der Waals surface area contributed by atoms with Crippen molar-refractivity contribution in [2.75, 3.05) is 0 Å². The summed E-state index contributed by atoms with van der Waals surface area (Å²) in [4.78, 5) is 9.68. The van der Waals surface area contributed by atoms with E-state index >= 15 is 0 Å². The van der Waals surface area contributed by atoms with Crippen molar-refractivity contribution in [1.82, 2.24) is 0 Å². The van der Waals surface area contributed by atoms with Gasteiger partial charge in [0.15, 0.2) is 0 Å². The van der Waals surface area contributed by atoms with E-state index in [9.17, 15) is 0 Å². The summed E-state index contributed by atoms with van der Waals surface area (Å²) in [7, 11) is 0. The maximum atomic E-state index is 2.64. The minimum atomic E-state index is 1.22. The lowest BCUT2D eigenvalue weighted by atomic mass is 10.0. The molecule has 0 fully saturated rings. The summed E-state index contributed by atoms with van der Waals surface area (Å²) < 4.78 is 0. The normalized spacial score (nSPS) is 11.7. The molecule has 0 amide bonds. The first kappa shape index (κ1) is 46.5. The molecule has 0 bridgehead atoms. The van der Waals surface area contributed by atoms with E-state index in [4.69, 9.17) is 0 Å². The van der Waals surface area contributed by atoms with E-state index in [-0.39, 0.29) is 0 Å². The zero-order valence-electron chi connectivity index (χ0n) is 36.0. The van der Waals surface area contributed by atoms with E-state index in [1.807, 2.05) is 22.7 Å². The monoisotopic (exact) mass is 821 g/mol. The third-order valence-corrected chi connectivity index (χ3v) is 16.4. The maximum Gasteiger partial charge on any atom is 0.0480 e. The van der Waals surface area contributed by atoms with Crippen LogP contribution in [0.5, 0.6) is 0 Å². The van der Waals surface area contributed by atoms with Crippen LogP contribution in [0, 0.1) is 0 Å². The number of rotatable bonds is 34. The molecule has 55 heavy (non-hydrogen) atoms. The second-order valence-corrected chi connectivity index (χ2v) is 20.7. The van der Waals surface area contributed by atoms with Gasteiger partial charge >= 0.3 is 0 Å². The second-order valence-electron chi connectivity index (χ2n) is 16.6. The Morgan fingerprint density at radius 1 is 0.309 bits per heavy atom. The van der Waals surface area contributed by atoms with E-state index in [0.29, 0.717) is 0 Å². The topological polar surface area (TPSA) is 0 Å². The van der Waals surface area contributed by atoms with Crippen LogP contribution < -0.4 is 0 Å². The highest BCUT2D eigenvalue weighted by Crippen LogP contribution is 2.42. The molecular weight excluding hydrogens is 741 g/mol. The third-order valence-electron chi connectivity index (χ3n) is 11.7. The highest BCUT2D eigenvalue weighted by molar-refractivity contribution is 7.22. The van der Waals surface area contributed by atoms with Crippen LogP contribution in [0.4, 0.5) is 0 Å². The first-order valence-electron chi connectivity index (χ1n) is 23.5. The number of thiophene rings is 4. The fraction of sp³-hybridized carbons (Fsp3) is 0.686. The molecule has 4 heteroatoms. The van der Waals surface area contributed by atoms with Crippen LogP contribution in [0.25, 0.3) is 19.5 Å². The fourth-order valence-corrected chi connectivity index (χ4v) is 13.1. The van der Waals surface area contributed by atoms with Crippen LogP contribution in [0.3, 0.4) is 0 Å². The molecule has 4 aromatic heterocycles. The van der Waals surface area contributed by atoms with Gasteiger partial charge in [-0.15, -0.1) is 45.3 Å². The molecule has 0 nitrogen and oxygen atoms in total. The molecule has 0 aliphatic rings. The summed E-state index contributed by atoms with van der Waals surface area (Å²) in [6.07, 6.45) is 41.7. The first-order chi connectivity index (χ1) is 27.2. The van der Waals surface area contributed by atoms with E-state index in [1.165, 1.54) is 199 Å². The van der Waals surface area contributed by atoms with Crippen LogP contribution >= 0.6 is 45.3 Å². The van der Waals surface area contributed by atoms with E-state index < -0.39 is 0 Å². The predicted molar refractivity (Wildman–Crippen MR) is 256 cm³/mol. The molecule has 0 unspecified atom stereocenters. The van der Waals surface area contributed by atoms with Gasteiger partial charge in [-0.05, 0) is 128 Å². The van der Waals surface area contributed by atoms with Gasteiger partial charge in [-0.3, -0.25) is 0 Å². The number of hydrogen-bond donors (Lipinski definition) is 0. The quantitative estimate of drug-likeness (QED) is 0.0412. The van der Waals surface area contributed by atoms with Gasteiger partial charge in [0, 0.05) is 29.3 Å². The van der Waals surface area contributed by atoms with Gasteiger partial charge < -0.3 is 0 Å². The molecule has 0 aliphatic carbocycles. The van der Waals surface area contributed by atoms with E-state index in [0.717, 1.165) is 0 Å². The predicted octanol–water partition coefficient (Wildman–Crippen LogP) is 19.1. The Bertz CT molecular complexity index is 1400. The van der Waals surface area contributed by atoms with Crippen LogP contribution in [0.1, 0.15) is 220 Å². The zero-order valence-corrected chi connectivity index (χ0v) is 39.3. The molecule has 308 valence electrons. The molecule has 4 aromatic rings. The molecule has 0 radical (unpaired) electrons. The molecule has 0 atom stereocenters. The van der Waals surface area contributed by atoms with Crippen molar-refractivity contribution >= 4 is 45.3 Å². The van der Waals surface area contributed by atoms with Gasteiger partial charge in [0.1, 0.15) is 0 Å². The summed E-state index contributed by atoms with van der Waals surface area (Å²) in [5.74, 6) is 0. The minimum Gasteiger partial charge on any atom is -0.143 e. The molecule has 4 heterocycles. The van der Waals surface area contributed by atoms with Gasteiger partial charge in [-0.25, -0.2) is 0 Å². The maximum absolute atomic E-state index is 2.64. The Labute approximate surface area is 356 Å². The third kappa shape index (κ3) is 17.3. The van der Waals surface area contributed by atoms with Crippen molar-refractivity contribution in [1.29, 1.82) is 0 Å². The molecule has 4 rings (SSSR count). The van der Waals surface area contributed by atoms with Crippen molar-refractivity contribution < 1.29 is 0 Å². The highest BCUT2D eigenvalue weighted by atomic mass is 32.1. The molecule has 0 aromatic carbocycles. The summed E-state index contributed by atoms with van der Waals surface area (Å²) in [5, 5.41) is 4.75. The molecule has 0 N–H and O–H groups in total. The summed E-state index contributed by atoms with van der Waals surface area (Å²) in [6, 6.07) is 10.2. The lowest BCUT2D eigenvalue weighted by Crippen LogP contribution is -1.90. The summed E-state index contributed by atoms with van der Waals surface area (Å²) >= 11 is 8.31. The van der Waals surface area contributed by atoms with Gasteiger partial charge in [-0.2, -0.15) is 0 Å². The minimum absolute atomic E-state index is 1.22. The molecule has 0 saturated heterocycles. The van der Waals surface area contributed by atoms with Crippen LogP contribution in [0.15, 0.2) is 35.0 Å². The van der Waals surface area contributed by atoms with Gasteiger partial charge in [0.25, 0.3) is 0 Å². The Morgan fingerprint density at radius 2 is 0.618 bits per heavy atom. The van der Waals surface area contributed by atoms with Crippen LogP contribution in [0.2, 0.25) is 0 Å². The van der Waals surface area contributed by atoms with Gasteiger partial charge in [0.05, 0.1) is 0 Å². The first-order valence-corrected chi connectivity index (χ1v) is 26.9. The lowest BCUT2D eigenvalue weighted by molar-refractivity contribution is 0.607. The Hall–Kier alpha value is -1.20. The number of unbranched alkanes of at least 4 members (excludes halogenated alkanes) is 20. The zero-order chi connectivity index (χ0) is 38.8. The Balaban J connectivity index is 1.42. The number of hydrogen-bond acceptors (Lipinski definition) is 4. The molecule has 0 saturated carbocycles. The summed E-state index contributed by atoms with van der Waals surface area (Å²) in [6.45, 7) is 9.29. The van der Waals surface area contributed by atoms with E-state index in [2.05, 4.69) is 85.4 Å². The standard InChI is InChI=1S/C51H80S4/c1-5-9-13-17-21-25-30-42-36-38-52-48(42)50-44(32-27-23-19-15-11-7-3)40-46(54-50)34-29-35-47-41-45(33-28-24-20-16-12-8-4)51(55-47)49-43(37-39-53-49)31-26-22-18-14-10-6-2/h36-41H,5-35H2,1-4H3. The Morgan fingerprint density at radius 3 is 0.964 bits per heavy atom. The largest absolute Gasteiger partial charge is 0.143 e. The van der Waals surface area contributed by atoms with Crippen molar-refractivity contribution in [3.05, 3.63) is 67.0 Å². The fourth-order valence-electron chi connectivity index (χ4n) is 8.26. The van der Waals surface area contributed by atoms with E-state index in [1.54, 1.807) is 51.5 Å². The second kappa shape index (κ2) is 29.1. The molecule has 0 aliphatic heterocycles. The van der Waals surface area contributed by atoms with Crippen molar-refractivity contribution in [3.8, 4) is 19.5 Å². The average Bonchev–Trinajstić information content (AvgIpc) is 4.01. The van der Waals surface area contributed by atoms with Gasteiger partial charge in [-0.1, -0.05) is 156 Å². The van der Waals surface area contributed by atoms with Crippen molar-refractivity contribution in [2.24, 2.45) is 0 Å². The van der Waals surface area contributed by atoms with Gasteiger partial charge in [0.2, 0.25) is 0 Å². The number of aryl methyl sites for hydroxylation is 6. The van der Waals surface area contributed by atoms with Crippen molar-refractivity contribution in [3.63, 3.8) is 0 Å². The van der Waals surface area contributed by atoms with Crippen molar-refractivity contribution in [2.45, 2.75) is 227 Å². The molecular formula is C51H80S4. The highest BCUT2D eigenvalue weighted by Gasteiger charge is 2.18. The smallest absolute Gasteiger partial charge is 0.0480 e. The Kier molecular flexibility index (Phi) is 24.6.